The number of aromatic nitrogens is 2. The number of anilines is 1. The zero-order chi connectivity index (χ0) is 17.7. The van der Waals surface area contributed by atoms with Crippen molar-refractivity contribution in [1.82, 2.24) is 9.78 Å². The maximum absolute atomic E-state index is 4.61. The molecule has 0 radical (unpaired) electrons. The number of fused-ring (bicyclic) bond motifs is 5. The molecule has 1 aromatic heterocycles. The summed E-state index contributed by atoms with van der Waals surface area (Å²) in [5, 5.41) is 4.61. The molecule has 1 aromatic carbocycles. The van der Waals surface area contributed by atoms with Crippen LogP contribution >= 0.6 is 0 Å². The fourth-order valence-electron chi connectivity index (χ4n) is 5.44. The summed E-state index contributed by atoms with van der Waals surface area (Å²) < 4.78 is 2.10. The van der Waals surface area contributed by atoms with Gasteiger partial charge in [-0.15, -0.1) is 0 Å². The zero-order valence-electron chi connectivity index (χ0n) is 16.2. The quantitative estimate of drug-likeness (QED) is 0.691. The van der Waals surface area contributed by atoms with E-state index in [9.17, 15) is 0 Å². The average molecular weight is 323 g/mol. The molecule has 0 bridgehead atoms. The second-order valence-electron chi connectivity index (χ2n) is 8.91. The Morgan fingerprint density at radius 1 is 1.08 bits per heavy atom. The van der Waals surface area contributed by atoms with Crippen molar-refractivity contribution in [2.75, 3.05) is 4.90 Å². The third-order valence-electron chi connectivity index (χ3n) is 7.68. The van der Waals surface area contributed by atoms with E-state index in [4.69, 9.17) is 0 Å². The van der Waals surface area contributed by atoms with Gasteiger partial charge in [0, 0.05) is 23.7 Å². The summed E-state index contributed by atoms with van der Waals surface area (Å²) in [6.45, 7) is 16.7. The highest BCUT2D eigenvalue weighted by Crippen LogP contribution is 2.67. The Balaban J connectivity index is 2.16. The van der Waals surface area contributed by atoms with Gasteiger partial charge in [-0.3, -0.25) is 4.68 Å². The Morgan fingerprint density at radius 2 is 1.75 bits per heavy atom. The number of benzene rings is 1. The summed E-state index contributed by atoms with van der Waals surface area (Å²) >= 11 is 0. The zero-order valence-corrected chi connectivity index (χ0v) is 16.2. The van der Waals surface area contributed by atoms with E-state index in [0.29, 0.717) is 6.04 Å². The van der Waals surface area contributed by atoms with Crippen molar-refractivity contribution in [3.8, 4) is 0 Å². The van der Waals surface area contributed by atoms with Gasteiger partial charge in [0.2, 0.25) is 0 Å². The fraction of sp³-hybridized carbons (Fsp3) is 0.571. The van der Waals surface area contributed by atoms with Crippen LogP contribution in [0.15, 0.2) is 24.4 Å². The van der Waals surface area contributed by atoms with E-state index in [1.807, 2.05) is 0 Å². The summed E-state index contributed by atoms with van der Waals surface area (Å²) in [5.41, 5.74) is 7.04. The average Bonchev–Trinajstić information content (AvgIpc) is 2.98. The molecule has 0 aliphatic carbocycles. The lowest BCUT2D eigenvalue weighted by molar-refractivity contribution is 0.0597. The molecule has 2 atom stereocenters. The molecule has 0 amide bonds. The van der Waals surface area contributed by atoms with E-state index in [1.54, 1.807) is 0 Å². The van der Waals surface area contributed by atoms with E-state index in [1.165, 1.54) is 28.1 Å². The Morgan fingerprint density at radius 3 is 2.42 bits per heavy atom. The molecule has 3 heterocycles. The van der Waals surface area contributed by atoms with Crippen molar-refractivity contribution < 1.29 is 0 Å². The third-order valence-corrected chi connectivity index (χ3v) is 7.68. The molecule has 3 heteroatoms. The molecule has 24 heavy (non-hydrogen) atoms. The topological polar surface area (TPSA) is 21.1 Å². The second-order valence-corrected chi connectivity index (χ2v) is 8.91. The Hall–Kier alpha value is -1.77. The SMILES string of the molecule is Cc1cccc2c1N1[C@@H](C)c3cnn(C)c3C1(C)C(C)(C)C2(C)C. The fourth-order valence-corrected chi connectivity index (χ4v) is 5.44. The van der Waals surface area contributed by atoms with Gasteiger partial charge in [-0.05, 0) is 37.3 Å². The smallest absolute Gasteiger partial charge is 0.0861 e. The van der Waals surface area contributed by atoms with Crippen LogP contribution in [-0.2, 0) is 18.0 Å². The Bertz CT molecular complexity index is 843. The molecule has 2 aliphatic heterocycles. The van der Waals surface area contributed by atoms with Crippen molar-refractivity contribution in [2.24, 2.45) is 12.5 Å². The summed E-state index contributed by atoms with van der Waals surface area (Å²) in [6.07, 6.45) is 2.07. The molecule has 0 N–H and O–H groups in total. The number of nitrogens with zero attached hydrogens (tertiary/aromatic N) is 3. The normalized spacial score (nSPS) is 29.2. The van der Waals surface area contributed by atoms with Gasteiger partial charge in [0.25, 0.3) is 0 Å². The molecule has 2 aliphatic rings. The van der Waals surface area contributed by atoms with Gasteiger partial charge in [-0.2, -0.15) is 5.10 Å². The van der Waals surface area contributed by atoms with Crippen LogP contribution in [-0.4, -0.2) is 9.78 Å². The first-order chi connectivity index (χ1) is 11.1. The molecular formula is C21H29N3. The maximum atomic E-state index is 4.61. The first-order valence-electron chi connectivity index (χ1n) is 8.98. The van der Waals surface area contributed by atoms with Gasteiger partial charge in [0.05, 0.1) is 23.5 Å². The highest BCUT2D eigenvalue weighted by molar-refractivity contribution is 5.71. The molecule has 128 valence electrons. The summed E-state index contributed by atoms with van der Waals surface area (Å²) in [5.74, 6) is 0. The van der Waals surface area contributed by atoms with Crippen LogP contribution in [0.1, 0.15) is 70.0 Å². The molecule has 0 saturated carbocycles. The van der Waals surface area contributed by atoms with Crippen LogP contribution in [0.25, 0.3) is 0 Å². The minimum absolute atomic E-state index is 0.0497. The first kappa shape index (κ1) is 15.7. The van der Waals surface area contributed by atoms with Crippen LogP contribution in [0.5, 0.6) is 0 Å². The summed E-state index contributed by atoms with van der Waals surface area (Å²) in [4.78, 5) is 2.68. The van der Waals surface area contributed by atoms with Crippen LogP contribution in [0, 0.1) is 12.3 Å². The van der Waals surface area contributed by atoms with Crippen molar-refractivity contribution in [2.45, 2.75) is 65.5 Å². The van der Waals surface area contributed by atoms with Gasteiger partial charge < -0.3 is 4.90 Å². The van der Waals surface area contributed by atoms with Crippen molar-refractivity contribution in [1.29, 1.82) is 0 Å². The van der Waals surface area contributed by atoms with E-state index in [2.05, 4.69) is 94.6 Å². The predicted molar refractivity (Wildman–Crippen MR) is 99.4 cm³/mol. The lowest BCUT2D eigenvalue weighted by Crippen LogP contribution is -2.62. The van der Waals surface area contributed by atoms with Crippen LogP contribution in [0.2, 0.25) is 0 Å². The molecule has 0 spiro atoms. The number of aryl methyl sites for hydroxylation is 2. The minimum atomic E-state index is -0.0877. The van der Waals surface area contributed by atoms with E-state index in [0.717, 1.165) is 0 Å². The van der Waals surface area contributed by atoms with Gasteiger partial charge in [0.1, 0.15) is 0 Å². The van der Waals surface area contributed by atoms with Crippen molar-refractivity contribution in [3.05, 3.63) is 46.8 Å². The molecule has 2 aromatic rings. The van der Waals surface area contributed by atoms with Crippen LogP contribution < -0.4 is 4.90 Å². The van der Waals surface area contributed by atoms with E-state index < -0.39 is 0 Å². The molecular weight excluding hydrogens is 294 g/mol. The molecule has 1 unspecified atom stereocenters. The summed E-state index contributed by atoms with van der Waals surface area (Å²) in [6, 6.07) is 7.14. The predicted octanol–water partition coefficient (Wildman–Crippen LogP) is 4.84. The number of hydrogen-bond donors (Lipinski definition) is 0. The van der Waals surface area contributed by atoms with Gasteiger partial charge in [0.15, 0.2) is 0 Å². The highest BCUT2D eigenvalue weighted by Gasteiger charge is 2.65. The first-order valence-corrected chi connectivity index (χ1v) is 8.98. The summed E-state index contributed by atoms with van der Waals surface area (Å²) in [7, 11) is 2.09. The minimum Gasteiger partial charge on any atom is -0.353 e. The Labute approximate surface area is 145 Å². The highest BCUT2D eigenvalue weighted by atomic mass is 15.4. The molecule has 0 fully saturated rings. The number of para-hydroxylation sites is 1. The lowest BCUT2D eigenvalue weighted by Gasteiger charge is -2.62. The third kappa shape index (κ3) is 1.40. The van der Waals surface area contributed by atoms with Gasteiger partial charge in [-0.1, -0.05) is 45.9 Å². The molecule has 4 rings (SSSR count). The van der Waals surface area contributed by atoms with Gasteiger partial charge >= 0.3 is 0 Å². The van der Waals surface area contributed by atoms with Crippen LogP contribution in [0.4, 0.5) is 5.69 Å². The standard InChI is InChI=1S/C21H29N3/c1-13-10-9-11-16-17(13)24-14(2)15-12-22-23(8)18(15)21(24,7)20(5,6)19(16,3)4/h9-12,14H,1-8H3/t14-,21?/m0/s1. The van der Waals surface area contributed by atoms with Crippen LogP contribution in [0.3, 0.4) is 0 Å². The lowest BCUT2D eigenvalue weighted by atomic mass is 9.52. The van der Waals surface area contributed by atoms with Crippen molar-refractivity contribution >= 4 is 5.69 Å². The Kier molecular flexibility index (Phi) is 2.79. The largest absolute Gasteiger partial charge is 0.353 e. The maximum Gasteiger partial charge on any atom is 0.0861 e. The molecule has 3 nitrogen and oxygen atoms in total. The van der Waals surface area contributed by atoms with Crippen molar-refractivity contribution in [3.63, 3.8) is 0 Å². The second kappa shape index (κ2) is 4.25. The van der Waals surface area contributed by atoms with E-state index in [-0.39, 0.29) is 16.4 Å². The number of rotatable bonds is 0. The monoisotopic (exact) mass is 323 g/mol. The number of hydrogen-bond acceptors (Lipinski definition) is 2. The molecule has 0 saturated heterocycles. The van der Waals surface area contributed by atoms with Gasteiger partial charge in [-0.25, -0.2) is 0 Å². The van der Waals surface area contributed by atoms with E-state index >= 15 is 0 Å².